The van der Waals surface area contributed by atoms with E-state index in [9.17, 15) is 14.7 Å². The van der Waals surface area contributed by atoms with Gasteiger partial charge in [-0.15, -0.1) is 0 Å². The molecule has 0 unspecified atom stereocenters. The molecule has 25 heavy (non-hydrogen) atoms. The molecular formula is C19H25N3O3. The summed E-state index contributed by atoms with van der Waals surface area (Å²) in [6, 6.07) is 7.86. The Morgan fingerprint density at radius 3 is 2.48 bits per heavy atom. The van der Waals surface area contributed by atoms with E-state index in [0.29, 0.717) is 18.4 Å². The molecule has 2 rings (SSSR count). The third-order valence-electron chi connectivity index (χ3n) is 4.90. The number of hydrogen-bond donors (Lipinski definition) is 2. The van der Waals surface area contributed by atoms with E-state index in [1.54, 1.807) is 4.68 Å². The van der Waals surface area contributed by atoms with Crippen LogP contribution in [0.1, 0.15) is 48.3 Å². The van der Waals surface area contributed by atoms with Crippen molar-refractivity contribution in [2.75, 3.05) is 6.54 Å². The maximum Gasteiger partial charge on any atom is 0.311 e. The minimum absolute atomic E-state index is 0.100. The maximum atomic E-state index is 12.5. The van der Waals surface area contributed by atoms with Gasteiger partial charge in [0.2, 0.25) is 0 Å². The molecule has 0 spiro atoms. The van der Waals surface area contributed by atoms with Gasteiger partial charge in [-0.1, -0.05) is 26.0 Å². The Morgan fingerprint density at radius 1 is 1.24 bits per heavy atom. The average Bonchev–Trinajstić information content (AvgIpc) is 2.97. The van der Waals surface area contributed by atoms with Crippen molar-refractivity contribution in [3.63, 3.8) is 0 Å². The van der Waals surface area contributed by atoms with E-state index in [0.717, 1.165) is 16.9 Å². The number of benzene rings is 1. The first-order valence-corrected chi connectivity index (χ1v) is 8.48. The number of aliphatic carboxylic acids is 1. The molecule has 6 heteroatoms. The number of nitrogens with one attached hydrogen (secondary N) is 1. The van der Waals surface area contributed by atoms with Crippen LogP contribution < -0.4 is 5.32 Å². The van der Waals surface area contributed by atoms with Crippen LogP contribution in [0, 0.1) is 19.3 Å². The second-order valence-electron chi connectivity index (χ2n) is 6.37. The van der Waals surface area contributed by atoms with Gasteiger partial charge in [0, 0.05) is 6.54 Å². The highest BCUT2D eigenvalue weighted by Gasteiger charge is 2.35. The number of rotatable bonds is 7. The summed E-state index contributed by atoms with van der Waals surface area (Å²) < 4.78 is 1.71. The van der Waals surface area contributed by atoms with Gasteiger partial charge < -0.3 is 10.4 Å². The van der Waals surface area contributed by atoms with E-state index in [-0.39, 0.29) is 12.5 Å². The molecule has 6 nitrogen and oxygen atoms in total. The van der Waals surface area contributed by atoms with E-state index >= 15 is 0 Å². The molecule has 0 bridgehead atoms. The Hall–Kier alpha value is -2.63. The van der Waals surface area contributed by atoms with Crippen LogP contribution in [0.2, 0.25) is 0 Å². The lowest BCUT2D eigenvalue weighted by Gasteiger charge is -2.26. The molecule has 2 aromatic rings. The number of carbonyl (C=O) groups excluding carboxylic acids is 1. The van der Waals surface area contributed by atoms with Crippen LogP contribution in [0.25, 0.3) is 5.69 Å². The van der Waals surface area contributed by atoms with Gasteiger partial charge in [-0.3, -0.25) is 9.59 Å². The molecule has 0 saturated carbocycles. The van der Waals surface area contributed by atoms with Crippen molar-refractivity contribution in [1.29, 1.82) is 0 Å². The summed E-state index contributed by atoms with van der Waals surface area (Å²) in [5, 5.41) is 16.5. The highest BCUT2D eigenvalue weighted by molar-refractivity contribution is 5.95. The normalized spacial score (nSPS) is 11.4. The van der Waals surface area contributed by atoms with E-state index in [1.807, 2.05) is 52.0 Å². The summed E-state index contributed by atoms with van der Waals surface area (Å²) in [7, 11) is 0. The van der Waals surface area contributed by atoms with Gasteiger partial charge in [-0.25, -0.2) is 4.68 Å². The molecule has 2 N–H and O–H groups in total. The van der Waals surface area contributed by atoms with Gasteiger partial charge in [-0.05, 0) is 44.4 Å². The molecule has 0 atom stereocenters. The first-order valence-electron chi connectivity index (χ1n) is 8.48. The molecular weight excluding hydrogens is 318 g/mol. The largest absolute Gasteiger partial charge is 0.481 e. The zero-order valence-electron chi connectivity index (χ0n) is 15.2. The number of carbonyl (C=O) groups is 2. The van der Waals surface area contributed by atoms with Crippen LogP contribution in [0.3, 0.4) is 0 Å². The van der Waals surface area contributed by atoms with Crippen molar-refractivity contribution in [2.45, 2.75) is 40.5 Å². The molecule has 0 aliphatic rings. The number of aryl methyl sites for hydroxylation is 1. The summed E-state index contributed by atoms with van der Waals surface area (Å²) >= 11 is 0. The second-order valence-corrected chi connectivity index (χ2v) is 6.37. The molecule has 0 saturated heterocycles. The SMILES string of the molecule is CCC(CC)(CNC(=O)c1cnn(-c2cccc(C)c2)c1C)C(=O)O. The average molecular weight is 343 g/mol. The molecule has 1 aromatic heterocycles. The maximum absolute atomic E-state index is 12.5. The zero-order valence-corrected chi connectivity index (χ0v) is 15.2. The minimum Gasteiger partial charge on any atom is -0.481 e. The lowest BCUT2D eigenvalue weighted by molar-refractivity contribution is -0.149. The highest BCUT2D eigenvalue weighted by atomic mass is 16.4. The van der Waals surface area contributed by atoms with E-state index in [4.69, 9.17) is 0 Å². The first-order chi connectivity index (χ1) is 11.8. The second kappa shape index (κ2) is 7.51. The standard InChI is InChI=1S/C19H25N3O3/c1-5-19(6-2,18(24)25)12-20-17(23)16-11-21-22(14(16)4)15-9-7-8-13(3)10-15/h7-11H,5-6,12H2,1-4H3,(H,20,23)(H,24,25). The molecule has 1 heterocycles. The fourth-order valence-electron chi connectivity index (χ4n) is 2.88. The predicted octanol–water partition coefficient (Wildman–Crippen LogP) is 3.11. The number of carboxylic acid groups (broad SMARTS) is 1. The monoisotopic (exact) mass is 343 g/mol. The van der Waals surface area contributed by atoms with Crippen LogP contribution in [0.4, 0.5) is 0 Å². The van der Waals surface area contributed by atoms with Crippen molar-refractivity contribution in [3.8, 4) is 5.69 Å². The van der Waals surface area contributed by atoms with Crippen LogP contribution in [0.5, 0.6) is 0 Å². The van der Waals surface area contributed by atoms with Gasteiger partial charge in [0.15, 0.2) is 0 Å². The van der Waals surface area contributed by atoms with Crippen LogP contribution in [-0.2, 0) is 4.79 Å². The summed E-state index contributed by atoms with van der Waals surface area (Å²) in [4.78, 5) is 24.1. The van der Waals surface area contributed by atoms with Crippen molar-refractivity contribution in [1.82, 2.24) is 15.1 Å². The Labute approximate surface area is 147 Å². The van der Waals surface area contributed by atoms with E-state index in [1.165, 1.54) is 6.20 Å². The quantitative estimate of drug-likeness (QED) is 0.809. The number of nitrogens with zero attached hydrogens (tertiary/aromatic N) is 2. The summed E-state index contributed by atoms with van der Waals surface area (Å²) in [6.07, 6.45) is 2.44. The van der Waals surface area contributed by atoms with Gasteiger partial charge >= 0.3 is 5.97 Å². The summed E-state index contributed by atoms with van der Waals surface area (Å²) in [5.74, 6) is -1.19. The van der Waals surface area contributed by atoms with Crippen molar-refractivity contribution >= 4 is 11.9 Å². The van der Waals surface area contributed by atoms with Crippen LogP contribution in [0.15, 0.2) is 30.5 Å². The van der Waals surface area contributed by atoms with Crippen LogP contribution in [-0.4, -0.2) is 33.3 Å². The number of aromatic nitrogens is 2. The molecule has 0 aliphatic carbocycles. The molecule has 0 fully saturated rings. The van der Waals surface area contributed by atoms with E-state index in [2.05, 4.69) is 10.4 Å². The molecule has 0 aliphatic heterocycles. The number of amides is 1. The third-order valence-corrected chi connectivity index (χ3v) is 4.90. The smallest absolute Gasteiger partial charge is 0.311 e. The van der Waals surface area contributed by atoms with Gasteiger partial charge in [0.1, 0.15) is 0 Å². The first kappa shape index (κ1) is 18.7. The Balaban J connectivity index is 2.20. The van der Waals surface area contributed by atoms with Gasteiger partial charge in [-0.2, -0.15) is 5.10 Å². The Morgan fingerprint density at radius 2 is 1.92 bits per heavy atom. The Bertz CT molecular complexity index is 776. The van der Waals surface area contributed by atoms with Crippen LogP contribution >= 0.6 is 0 Å². The van der Waals surface area contributed by atoms with Crippen molar-refractivity contribution in [3.05, 3.63) is 47.3 Å². The zero-order chi connectivity index (χ0) is 18.6. The summed E-state index contributed by atoms with van der Waals surface area (Å²) in [5.41, 5.74) is 2.23. The predicted molar refractivity (Wildman–Crippen MR) is 96.0 cm³/mol. The topological polar surface area (TPSA) is 84.2 Å². The molecule has 1 amide bonds. The van der Waals surface area contributed by atoms with Gasteiger partial charge in [0.05, 0.1) is 28.6 Å². The van der Waals surface area contributed by atoms with E-state index < -0.39 is 11.4 Å². The number of carboxylic acids is 1. The van der Waals surface area contributed by atoms with Crippen molar-refractivity contribution < 1.29 is 14.7 Å². The Kier molecular flexibility index (Phi) is 5.62. The lowest BCUT2D eigenvalue weighted by Crippen LogP contribution is -2.42. The third kappa shape index (κ3) is 3.73. The fraction of sp³-hybridized carbons (Fsp3) is 0.421. The molecule has 1 aromatic carbocycles. The number of hydrogen-bond acceptors (Lipinski definition) is 3. The highest BCUT2D eigenvalue weighted by Crippen LogP contribution is 2.26. The summed E-state index contributed by atoms with van der Waals surface area (Å²) in [6.45, 7) is 7.57. The molecule has 0 radical (unpaired) electrons. The molecule has 134 valence electrons. The minimum atomic E-state index is -0.934. The fourth-order valence-corrected chi connectivity index (χ4v) is 2.88. The van der Waals surface area contributed by atoms with Gasteiger partial charge in [0.25, 0.3) is 5.91 Å². The lowest BCUT2D eigenvalue weighted by atomic mass is 9.82. The van der Waals surface area contributed by atoms with Crippen molar-refractivity contribution in [2.24, 2.45) is 5.41 Å².